The van der Waals surface area contributed by atoms with E-state index < -0.39 is 0 Å². The minimum Gasteiger partial charge on any atom is -0.494 e. The highest BCUT2D eigenvalue weighted by molar-refractivity contribution is 7.11. The first-order valence-corrected chi connectivity index (χ1v) is 13.2. The van der Waals surface area contributed by atoms with Gasteiger partial charge in [0.1, 0.15) is 14.4 Å². The molecular weight excluding hydrogens is 539 g/mol. The van der Waals surface area contributed by atoms with Crippen LogP contribution in [0.5, 0.6) is 0 Å². The van der Waals surface area contributed by atoms with Crippen molar-refractivity contribution >= 4 is 57.8 Å². The van der Waals surface area contributed by atoms with Crippen LogP contribution in [0.2, 0.25) is 8.67 Å². The standard InChI is InChI=1S/C14H14ClNO2S.C12H10ClNO2S/c1-3-18-10(2)12-6-4-5-11(7-12)9-16-14(17)8-13(15)19-16;1-8(15)10-4-2-3-9(5-10)7-14-12(16)6-11(13)17-14/h4-8H,2-3,9H2,1H3;2-6H,7H2,1H3/p+1. The van der Waals surface area contributed by atoms with Crippen molar-refractivity contribution in [1.29, 1.82) is 0 Å². The van der Waals surface area contributed by atoms with Crippen molar-refractivity contribution in [2.45, 2.75) is 26.9 Å². The van der Waals surface area contributed by atoms with E-state index in [1.165, 1.54) is 42.1 Å². The lowest BCUT2D eigenvalue weighted by Crippen LogP contribution is -2.12. The lowest BCUT2D eigenvalue weighted by Gasteiger charge is -2.08. The van der Waals surface area contributed by atoms with Crippen LogP contribution in [0.15, 0.2) is 76.8 Å². The fourth-order valence-corrected chi connectivity index (χ4v) is 5.36. The third-order valence-corrected chi connectivity index (χ3v) is 7.19. The normalized spacial score (nSPS) is 10.4. The summed E-state index contributed by atoms with van der Waals surface area (Å²) in [6.07, 6.45) is 0. The Labute approximate surface area is 228 Å². The lowest BCUT2D eigenvalue weighted by atomic mass is 10.1. The molecule has 2 heterocycles. The molecule has 0 aliphatic heterocycles. The van der Waals surface area contributed by atoms with Crippen LogP contribution in [-0.2, 0) is 17.8 Å². The summed E-state index contributed by atoms with van der Waals surface area (Å²) in [5.74, 6) is 0.657. The molecular formula is C26H25Cl2N2O4S2+. The monoisotopic (exact) mass is 563 g/mol. The molecule has 36 heavy (non-hydrogen) atoms. The summed E-state index contributed by atoms with van der Waals surface area (Å²) < 4.78 is 9.52. The second kappa shape index (κ2) is 12.9. The average Bonchev–Trinajstić information content (AvgIpc) is 3.32. The third-order valence-electron chi connectivity index (χ3n) is 4.91. The van der Waals surface area contributed by atoms with Crippen molar-refractivity contribution in [3.8, 4) is 0 Å². The number of halogens is 2. The first kappa shape index (κ1) is 27.7. The predicted molar refractivity (Wildman–Crippen MR) is 150 cm³/mol. The average molecular weight is 565 g/mol. The van der Waals surface area contributed by atoms with Gasteiger partial charge in [-0.15, -0.1) is 0 Å². The topological polar surface area (TPSA) is 70.3 Å². The van der Waals surface area contributed by atoms with Crippen LogP contribution in [0, 0.1) is 0 Å². The molecule has 0 bridgehead atoms. The van der Waals surface area contributed by atoms with Crippen molar-refractivity contribution in [2.75, 3.05) is 6.61 Å². The number of Topliss-reactive ketones (excluding diaryl/α,β-unsaturated/α-hetero) is 1. The summed E-state index contributed by atoms with van der Waals surface area (Å²) in [6.45, 7) is 8.85. The number of benzene rings is 2. The van der Waals surface area contributed by atoms with Gasteiger partial charge in [0, 0.05) is 23.3 Å². The van der Waals surface area contributed by atoms with Gasteiger partial charge in [-0.25, -0.2) is 0 Å². The van der Waals surface area contributed by atoms with Crippen LogP contribution in [0.4, 0.5) is 0 Å². The summed E-state index contributed by atoms with van der Waals surface area (Å²) in [5, 5.41) is 0. The van der Waals surface area contributed by atoms with Gasteiger partial charge in [0.05, 0.1) is 19.7 Å². The molecule has 0 amide bonds. The number of hydrogen-bond donors (Lipinski definition) is 0. The van der Waals surface area contributed by atoms with E-state index in [9.17, 15) is 14.4 Å². The predicted octanol–water partition coefficient (Wildman–Crippen LogP) is 6.55. The Kier molecular flexibility index (Phi) is 9.89. The van der Waals surface area contributed by atoms with E-state index in [2.05, 4.69) is 6.58 Å². The van der Waals surface area contributed by atoms with Crippen LogP contribution >= 0.6 is 46.3 Å². The lowest BCUT2D eigenvalue weighted by molar-refractivity contribution is 0.101. The van der Waals surface area contributed by atoms with Gasteiger partial charge in [0.15, 0.2) is 5.78 Å². The van der Waals surface area contributed by atoms with Crippen molar-refractivity contribution in [3.63, 3.8) is 0 Å². The molecule has 0 fully saturated rings. The fourth-order valence-electron chi connectivity index (χ4n) is 3.23. The van der Waals surface area contributed by atoms with E-state index in [0.29, 0.717) is 39.7 Å². The minimum absolute atomic E-state index is 0. The van der Waals surface area contributed by atoms with E-state index in [-0.39, 0.29) is 18.3 Å². The second-order valence-electron chi connectivity index (χ2n) is 7.64. The van der Waals surface area contributed by atoms with Gasteiger partial charge >= 0.3 is 1.43 Å². The SMILES string of the molecule is C=C(OCC)c1cccc(Cn2sc(Cl)cc2=O)c1.CC(=O)c1cccc(Cn2sc(Cl)cc2=O)c1.[H+]. The molecule has 4 rings (SSSR count). The highest BCUT2D eigenvalue weighted by Crippen LogP contribution is 2.18. The van der Waals surface area contributed by atoms with E-state index >= 15 is 0 Å². The van der Waals surface area contributed by atoms with Crippen LogP contribution in [0.3, 0.4) is 0 Å². The number of rotatable bonds is 8. The molecule has 0 atom stereocenters. The first-order chi connectivity index (χ1) is 17.2. The van der Waals surface area contributed by atoms with Gasteiger partial charge < -0.3 is 4.74 Å². The Morgan fingerprint density at radius 3 is 1.78 bits per heavy atom. The second-order valence-corrected chi connectivity index (χ2v) is 11.0. The van der Waals surface area contributed by atoms with E-state index in [0.717, 1.165) is 16.7 Å². The Bertz CT molecular complexity index is 1490. The van der Waals surface area contributed by atoms with Crippen molar-refractivity contribution < 1.29 is 11.0 Å². The Hall–Kier alpha value is -2.91. The van der Waals surface area contributed by atoms with Crippen LogP contribution < -0.4 is 11.1 Å². The molecule has 0 unspecified atom stereocenters. The quantitative estimate of drug-likeness (QED) is 0.180. The van der Waals surface area contributed by atoms with Crippen molar-refractivity contribution in [1.82, 2.24) is 7.91 Å². The maximum atomic E-state index is 11.6. The van der Waals surface area contributed by atoms with Gasteiger partial charge in [-0.1, -0.05) is 66.2 Å². The summed E-state index contributed by atoms with van der Waals surface area (Å²) >= 11 is 14.0. The molecule has 0 aliphatic carbocycles. The Balaban J connectivity index is 0.000000255. The largest absolute Gasteiger partial charge is 1.00 e. The molecule has 0 spiro atoms. The minimum atomic E-state index is -0.117. The number of ketones is 1. The molecule has 10 heteroatoms. The Morgan fingerprint density at radius 1 is 0.889 bits per heavy atom. The Morgan fingerprint density at radius 2 is 1.36 bits per heavy atom. The third kappa shape index (κ3) is 7.80. The summed E-state index contributed by atoms with van der Waals surface area (Å²) in [5.41, 5.74) is 3.31. The fraction of sp³-hybridized carbons (Fsp3) is 0.192. The van der Waals surface area contributed by atoms with Crippen LogP contribution in [0.25, 0.3) is 5.76 Å². The van der Waals surface area contributed by atoms with Crippen molar-refractivity contribution in [2.24, 2.45) is 0 Å². The highest BCUT2D eigenvalue weighted by Gasteiger charge is 2.06. The van der Waals surface area contributed by atoms with E-state index in [1.807, 2.05) is 43.3 Å². The molecule has 0 saturated heterocycles. The number of hydrogen-bond acceptors (Lipinski definition) is 6. The van der Waals surface area contributed by atoms with Crippen LogP contribution in [0.1, 0.15) is 42.3 Å². The summed E-state index contributed by atoms with van der Waals surface area (Å²) in [7, 11) is 0. The zero-order valence-electron chi connectivity index (χ0n) is 20.7. The number of aromatic nitrogens is 2. The van der Waals surface area contributed by atoms with Gasteiger partial charge in [-0.3, -0.25) is 22.3 Å². The number of ether oxygens (including phenoxy) is 1. The zero-order valence-corrected chi connectivity index (χ0v) is 22.8. The zero-order chi connectivity index (χ0) is 26.2. The first-order valence-electron chi connectivity index (χ1n) is 10.9. The van der Waals surface area contributed by atoms with Crippen molar-refractivity contribution in [3.05, 3.63) is 119 Å². The molecule has 2 aromatic carbocycles. The van der Waals surface area contributed by atoms with Crippen LogP contribution in [-0.4, -0.2) is 20.3 Å². The van der Waals surface area contributed by atoms with Gasteiger partial charge in [0.2, 0.25) is 0 Å². The number of carbonyl (C=O) groups is 1. The maximum Gasteiger partial charge on any atom is 1.00 e. The molecule has 0 radical (unpaired) electrons. The molecule has 0 saturated carbocycles. The van der Waals surface area contributed by atoms with Gasteiger partial charge in [-0.2, -0.15) is 0 Å². The smallest absolute Gasteiger partial charge is 0.494 e. The molecule has 4 aromatic rings. The molecule has 2 aromatic heterocycles. The van der Waals surface area contributed by atoms with E-state index in [1.54, 1.807) is 20.0 Å². The van der Waals surface area contributed by atoms with E-state index in [4.69, 9.17) is 27.9 Å². The molecule has 6 nitrogen and oxygen atoms in total. The highest BCUT2D eigenvalue weighted by atomic mass is 35.5. The summed E-state index contributed by atoms with van der Waals surface area (Å²) in [6, 6.07) is 17.9. The molecule has 0 N–H and O–H groups in total. The number of carbonyl (C=O) groups excluding carboxylic acids is 1. The van der Waals surface area contributed by atoms with Gasteiger partial charge in [0.25, 0.3) is 11.1 Å². The summed E-state index contributed by atoms with van der Waals surface area (Å²) in [4.78, 5) is 34.3. The number of nitrogens with zero attached hydrogens (tertiary/aromatic N) is 2. The molecule has 188 valence electrons. The molecule has 0 aliphatic rings. The van der Waals surface area contributed by atoms with Gasteiger partial charge in [-0.05, 0) is 60.2 Å². The maximum absolute atomic E-state index is 11.6.